The summed E-state index contributed by atoms with van der Waals surface area (Å²) in [5.74, 6) is 0.385. The number of rotatable bonds is 3. The van der Waals surface area contributed by atoms with Crippen molar-refractivity contribution in [1.29, 1.82) is 0 Å². The number of hydrogen-bond acceptors (Lipinski definition) is 1. The lowest BCUT2D eigenvalue weighted by molar-refractivity contribution is -0.120. The predicted molar refractivity (Wildman–Crippen MR) is 69.4 cm³/mol. The molecule has 1 aliphatic carbocycles. The summed E-state index contributed by atoms with van der Waals surface area (Å²) in [5.41, 5.74) is 2.83. The van der Waals surface area contributed by atoms with Crippen molar-refractivity contribution in [1.82, 2.24) is 0 Å². The maximum Gasteiger partial charge on any atom is 0.159 e. The van der Waals surface area contributed by atoms with Gasteiger partial charge in [0.25, 0.3) is 0 Å². The Hall–Kier alpha value is -0.590. The van der Waals surface area contributed by atoms with E-state index in [0.29, 0.717) is 12.2 Å². The van der Waals surface area contributed by atoms with Crippen LogP contribution in [-0.2, 0) is 4.79 Å². The molecule has 0 heterocycles. The normalized spacial score (nSPS) is 29.8. The Kier molecular flexibility index (Phi) is 3.66. The predicted octanol–water partition coefficient (Wildman–Crippen LogP) is 4.52. The number of carbonyl (C=O) groups is 1. The zero-order chi connectivity index (χ0) is 12.6. The molecule has 0 radical (unpaired) electrons. The van der Waals surface area contributed by atoms with Gasteiger partial charge in [0.05, 0.1) is 0 Å². The Balaban J connectivity index is 3.41. The summed E-state index contributed by atoms with van der Waals surface area (Å²) < 4.78 is 0. The third-order valence-electron chi connectivity index (χ3n) is 4.88. The molecule has 16 heavy (non-hydrogen) atoms. The van der Waals surface area contributed by atoms with E-state index in [4.69, 9.17) is 0 Å². The fourth-order valence-electron chi connectivity index (χ4n) is 3.32. The molecule has 0 aromatic carbocycles. The van der Waals surface area contributed by atoms with E-state index in [0.717, 1.165) is 24.8 Å². The largest absolute Gasteiger partial charge is 0.295 e. The average Bonchev–Trinajstić information content (AvgIpc) is 2.22. The van der Waals surface area contributed by atoms with Gasteiger partial charge in [-0.25, -0.2) is 0 Å². The topological polar surface area (TPSA) is 17.1 Å². The van der Waals surface area contributed by atoms with Gasteiger partial charge in [0, 0.05) is 6.42 Å². The Morgan fingerprint density at radius 3 is 2.00 bits per heavy atom. The maximum atomic E-state index is 12.2. The minimum Gasteiger partial charge on any atom is -0.295 e. The van der Waals surface area contributed by atoms with Crippen LogP contribution in [-0.4, -0.2) is 5.78 Å². The van der Waals surface area contributed by atoms with Crippen molar-refractivity contribution >= 4 is 5.78 Å². The van der Waals surface area contributed by atoms with Crippen molar-refractivity contribution in [3.05, 3.63) is 11.1 Å². The molecule has 0 spiro atoms. The molecule has 0 fully saturated rings. The molecule has 0 aromatic rings. The Morgan fingerprint density at radius 1 is 1.06 bits per heavy atom. The van der Waals surface area contributed by atoms with E-state index >= 15 is 0 Å². The summed E-state index contributed by atoms with van der Waals surface area (Å²) >= 11 is 0. The van der Waals surface area contributed by atoms with Gasteiger partial charge in [0.2, 0.25) is 0 Å². The molecular formula is C15H26O. The van der Waals surface area contributed by atoms with Crippen molar-refractivity contribution in [2.45, 2.75) is 67.2 Å². The van der Waals surface area contributed by atoms with E-state index in [1.54, 1.807) is 0 Å². The summed E-state index contributed by atoms with van der Waals surface area (Å²) in [6.07, 6.45) is 3.75. The van der Waals surface area contributed by atoms with E-state index in [1.807, 2.05) is 0 Å². The summed E-state index contributed by atoms with van der Waals surface area (Å²) in [4.78, 5) is 12.2. The molecule has 1 unspecified atom stereocenters. The standard InChI is InChI=1S/C15H26O/c1-7-11-12(8-2)15(6,9-3)14(4,5)10-13(11)16/h7-10H2,1-6H3. The summed E-state index contributed by atoms with van der Waals surface area (Å²) in [6, 6.07) is 0. The minimum atomic E-state index is 0.100. The zero-order valence-corrected chi connectivity index (χ0v) is 11.7. The van der Waals surface area contributed by atoms with Gasteiger partial charge in [-0.2, -0.15) is 0 Å². The SMILES string of the molecule is CCC1=C(CC)C(C)(CC)C(C)(C)CC1=O. The summed E-state index contributed by atoms with van der Waals surface area (Å²) in [6.45, 7) is 13.4. The molecule has 0 saturated heterocycles. The average molecular weight is 222 g/mol. The van der Waals surface area contributed by atoms with E-state index in [-0.39, 0.29) is 10.8 Å². The van der Waals surface area contributed by atoms with Crippen molar-refractivity contribution < 1.29 is 4.79 Å². The molecule has 92 valence electrons. The van der Waals surface area contributed by atoms with Crippen molar-refractivity contribution in [2.75, 3.05) is 0 Å². The lowest BCUT2D eigenvalue weighted by atomic mass is 9.54. The molecule has 0 aromatic heterocycles. The van der Waals surface area contributed by atoms with E-state index in [9.17, 15) is 4.79 Å². The van der Waals surface area contributed by atoms with Crippen LogP contribution < -0.4 is 0 Å². The number of carbonyl (C=O) groups excluding carboxylic acids is 1. The minimum absolute atomic E-state index is 0.100. The number of Topliss-reactive ketones (excluding diaryl/α,β-unsaturated/α-hetero) is 1. The summed E-state index contributed by atoms with van der Waals surface area (Å²) in [5, 5.41) is 0. The first-order valence-corrected chi connectivity index (χ1v) is 6.59. The monoisotopic (exact) mass is 222 g/mol. The molecule has 1 rings (SSSR count). The Morgan fingerprint density at radius 2 is 1.62 bits per heavy atom. The van der Waals surface area contributed by atoms with Crippen molar-refractivity contribution in [2.24, 2.45) is 10.8 Å². The van der Waals surface area contributed by atoms with Gasteiger partial charge in [-0.15, -0.1) is 0 Å². The van der Waals surface area contributed by atoms with Gasteiger partial charge < -0.3 is 0 Å². The van der Waals surface area contributed by atoms with Gasteiger partial charge in [-0.3, -0.25) is 4.79 Å². The van der Waals surface area contributed by atoms with Crippen LogP contribution >= 0.6 is 0 Å². The highest BCUT2D eigenvalue weighted by Gasteiger charge is 2.47. The van der Waals surface area contributed by atoms with Gasteiger partial charge in [0.15, 0.2) is 5.78 Å². The van der Waals surface area contributed by atoms with Crippen LogP contribution in [0.25, 0.3) is 0 Å². The van der Waals surface area contributed by atoms with Gasteiger partial charge in [0.1, 0.15) is 0 Å². The van der Waals surface area contributed by atoms with Crippen LogP contribution in [0.2, 0.25) is 0 Å². The van der Waals surface area contributed by atoms with Crippen LogP contribution in [0, 0.1) is 10.8 Å². The second kappa shape index (κ2) is 4.35. The first kappa shape index (κ1) is 13.5. The maximum absolute atomic E-state index is 12.2. The fourth-order valence-corrected chi connectivity index (χ4v) is 3.32. The first-order chi connectivity index (χ1) is 7.34. The molecule has 1 aliphatic rings. The molecule has 0 aliphatic heterocycles. The first-order valence-electron chi connectivity index (χ1n) is 6.59. The van der Waals surface area contributed by atoms with Gasteiger partial charge in [-0.05, 0) is 35.7 Å². The third kappa shape index (κ3) is 1.74. The fraction of sp³-hybridized carbons (Fsp3) is 0.800. The molecule has 0 amide bonds. The van der Waals surface area contributed by atoms with E-state index < -0.39 is 0 Å². The highest BCUT2D eigenvalue weighted by molar-refractivity contribution is 5.98. The second-order valence-electron chi connectivity index (χ2n) is 5.83. The lowest BCUT2D eigenvalue weighted by Crippen LogP contribution is -2.43. The van der Waals surface area contributed by atoms with Crippen molar-refractivity contribution in [3.8, 4) is 0 Å². The quantitative estimate of drug-likeness (QED) is 0.686. The molecule has 1 nitrogen and oxygen atoms in total. The molecule has 1 atom stereocenters. The van der Waals surface area contributed by atoms with Gasteiger partial charge in [-0.1, -0.05) is 47.1 Å². The number of ketones is 1. The molecule has 0 N–H and O–H groups in total. The molecule has 0 bridgehead atoms. The number of allylic oxidation sites excluding steroid dienone is 2. The van der Waals surface area contributed by atoms with E-state index in [2.05, 4.69) is 41.5 Å². The Bertz CT molecular complexity index is 322. The van der Waals surface area contributed by atoms with Crippen molar-refractivity contribution in [3.63, 3.8) is 0 Å². The van der Waals surface area contributed by atoms with Crippen LogP contribution in [0.15, 0.2) is 11.1 Å². The number of hydrogen-bond donors (Lipinski definition) is 0. The Labute approximate surface area is 100 Å². The molecule has 0 saturated carbocycles. The van der Waals surface area contributed by atoms with Crippen LogP contribution in [0.4, 0.5) is 0 Å². The van der Waals surface area contributed by atoms with Crippen LogP contribution in [0.5, 0.6) is 0 Å². The highest BCUT2D eigenvalue weighted by atomic mass is 16.1. The van der Waals surface area contributed by atoms with Crippen LogP contribution in [0.3, 0.4) is 0 Å². The zero-order valence-electron chi connectivity index (χ0n) is 11.7. The third-order valence-corrected chi connectivity index (χ3v) is 4.88. The summed E-state index contributed by atoms with van der Waals surface area (Å²) in [7, 11) is 0. The lowest BCUT2D eigenvalue weighted by Gasteiger charge is -2.49. The highest BCUT2D eigenvalue weighted by Crippen LogP contribution is 2.55. The van der Waals surface area contributed by atoms with E-state index in [1.165, 1.54) is 5.57 Å². The van der Waals surface area contributed by atoms with Crippen LogP contribution in [0.1, 0.15) is 67.2 Å². The van der Waals surface area contributed by atoms with Gasteiger partial charge >= 0.3 is 0 Å². The second-order valence-corrected chi connectivity index (χ2v) is 5.83. The molecule has 1 heteroatoms. The molecular weight excluding hydrogens is 196 g/mol. The smallest absolute Gasteiger partial charge is 0.159 e.